The third kappa shape index (κ3) is 5.47. The van der Waals surface area contributed by atoms with Gasteiger partial charge in [-0.1, -0.05) is 30.3 Å². The summed E-state index contributed by atoms with van der Waals surface area (Å²) in [6.07, 6.45) is 2.09. The van der Waals surface area contributed by atoms with Crippen molar-refractivity contribution in [3.05, 3.63) is 89.0 Å². The molecule has 0 heterocycles. The Kier molecular flexibility index (Phi) is 6.54. The first kappa shape index (κ1) is 22.3. The molecular weight excluding hydrogens is 418 g/mol. The number of ether oxygens (including phenoxy) is 2. The van der Waals surface area contributed by atoms with Crippen molar-refractivity contribution in [1.82, 2.24) is 5.32 Å². The lowest BCUT2D eigenvalue weighted by atomic mass is 9.95. The molecule has 6 heteroatoms. The first-order valence-electron chi connectivity index (χ1n) is 10.8. The van der Waals surface area contributed by atoms with Crippen molar-refractivity contribution in [2.24, 2.45) is 0 Å². The third-order valence-electron chi connectivity index (χ3n) is 5.57. The Morgan fingerprint density at radius 3 is 2.09 bits per heavy atom. The molecule has 0 atom stereocenters. The molecule has 0 spiro atoms. The highest BCUT2D eigenvalue weighted by atomic mass is 16.6. The summed E-state index contributed by atoms with van der Waals surface area (Å²) < 4.78 is 9.85. The third-order valence-corrected chi connectivity index (χ3v) is 5.57. The highest BCUT2D eigenvalue weighted by molar-refractivity contribution is 6.09. The Labute approximate surface area is 192 Å². The van der Waals surface area contributed by atoms with E-state index in [0.717, 1.165) is 29.5 Å². The van der Waals surface area contributed by atoms with E-state index in [1.807, 2.05) is 37.3 Å². The summed E-state index contributed by atoms with van der Waals surface area (Å²) in [5.41, 5.74) is 4.67. The van der Waals surface area contributed by atoms with E-state index in [-0.39, 0.29) is 18.3 Å². The molecule has 0 aliphatic heterocycles. The molecule has 33 heavy (non-hydrogen) atoms. The van der Waals surface area contributed by atoms with E-state index in [4.69, 9.17) is 4.74 Å². The number of hydrogen-bond donors (Lipinski definition) is 1. The smallest absolute Gasteiger partial charge is 0.343 e. The summed E-state index contributed by atoms with van der Waals surface area (Å²) in [7, 11) is 1.29. The number of aryl methyl sites for hydroxylation is 1. The van der Waals surface area contributed by atoms with Gasteiger partial charge in [0.2, 0.25) is 0 Å². The van der Waals surface area contributed by atoms with Gasteiger partial charge in [-0.15, -0.1) is 0 Å². The van der Waals surface area contributed by atoms with Gasteiger partial charge >= 0.3 is 5.97 Å². The molecule has 1 aliphatic rings. The van der Waals surface area contributed by atoms with Crippen LogP contribution >= 0.6 is 0 Å². The number of esters is 1. The van der Waals surface area contributed by atoms with E-state index >= 15 is 0 Å². The molecule has 0 bridgehead atoms. The Morgan fingerprint density at radius 1 is 0.879 bits per heavy atom. The maximum atomic E-state index is 12.9. The van der Waals surface area contributed by atoms with Gasteiger partial charge in [-0.05, 0) is 72.9 Å². The highest BCUT2D eigenvalue weighted by Gasteiger charge is 2.24. The lowest BCUT2D eigenvalue weighted by molar-refractivity contribution is -0.142. The van der Waals surface area contributed by atoms with Crippen molar-refractivity contribution in [2.75, 3.05) is 13.7 Å². The Morgan fingerprint density at radius 2 is 1.48 bits per heavy atom. The first-order valence-corrected chi connectivity index (χ1v) is 10.8. The van der Waals surface area contributed by atoms with Gasteiger partial charge in [-0.2, -0.15) is 0 Å². The van der Waals surface area contributed by atoms with Crippen LogP contribution in [0.4, 0.5) is 0 Å². The maximum absolute atomic E-state index is 12.9. The van der Waals surface area contributed by atoms with Gasteiger partial charge < -0.3 is 14.8 Å². The molecule has 0 unspecified atom stereocenters. The van der Waals surface area contributed by atoms with Crippen LogP contribution in [-0.2, 0) is 9.53 Å². The number of carbonyl (C=O) groups excluding carboxylic acids is 3. The molecule has 0 radical (unpaired) electrons. The van der Waals surface area contributed by atoms with Gasteiger partial charge in [0.1, 0.15) is 5.75 Å². The number of carbonyl (C=O) groups is 3. The minimum absolute atomic E-state index is 0.0513. The lowest BCUT2D eigenvalue weighted by Gasteiger charge is -2.11. The topological polar surface area (TPSA) is 81.7 Å². The molecule has 1 aliphatic carbocycles. The van der Waals surface area contributed by atoms with Crippen molar-refractivity contribution in [1.29, 1.82) is 0 Å². The quantitative estimate of drug-likeness (QED) is 0.414. The second kappa shape index (κ2) is 9.69. The average Bonchev–Trinajstić information content (AvgIpc) is 3.66. The van der Waals surface area contributed by atoms with E-state index in [9.17, 15) is 14.4 Å². The van der Waals surface area contributed by atoms with Gasteiger partial charge in [0.05, 0.1) is 7.11 Å². The Balaban J connectivity index is 1.47. The van der Waals surface area contributed by atoms with E-state index in [2.05, 4.69) is 10.1 Å². The molecule has 168 valence electrons. The van der Waals surface area contributed by atoms with Crippen molar-refractivity contribution in [2.45, 2.75) is 25.8 Å². The van der Waals surface area contributed by atoms with Crippen molar-refractivity contribution in [3.63, 3.8) is 0 Å². The van der Waals surface area contributed by atoms with Crippen molar-refractivity contribution >= 4 is 17.7 Å². The fraction of sp³-hybridized carbons (Fsp3) is 0.222. The van der Waals surface area contributed by atoms with Crippen LogP contribution in [0.25, 0.3) is 11.1 Å². The van der Waals surface area contributed by atoms with E-state index < -0.39 is 5.97 Å². The molecule has 0 aromatic heterocycles. The second-order valence-corrected chi connectivity index (χ2v) is 8.07. The second-order valence-electron chi connectivity index (χ2n) is 8.07. The summed E-state index contributed by atoms with van der Waals surface area (Å²) in [6.45, 7) is 1.81. The summed E-state index contributed by atoms with van der Waals surface area (Å²) in [4.78, 5) is 36.5. The van der Waals surface area contributed by atoms with Crippen LogP contribution in [0.15, 0.2) is 66.7 Å². The lowest BCUT2D eigenvalue weighted by Crippen LogP contribution is -2.25. The largest absolute Gasteiger partial charge is 0.482 e. The fourth-order valence-electron chi connectivity index (χ4n) is 3.44. The van der Waals surface area contributed by atoms with Gasteiger partial charge in [-0.25, -0.2) is 4.79 Å². The van der Waals surface area contributed by atoms with Crippen LogP contribution in [0.2, 0.25) is 0 Å². The molecule has 3 aromatic rings. The summed E-state index contributed by atoms with van der Waals surface area (Å²) in [6, 6.07) is 20.0. The van der Waals surface area contributed by atoms with Gasteiger partial charge in [-0.3, -0.25) is 9.59 Å². The molecular formula is C27H25NO5. The SMILES string of the molecule is COC(=O)COc1ccc(C(=O)c2ccc(-c3cc(C(=O)NC4CC4)ccc3C)cc2)cc1. The minimum atomic E-state index is -0.473. The number of ketones is 1. The van der Waals surface area contributed by atoms with Crippen LogP contribution in [0.1, 0.15) is 44.7 Å². The maximum Gasteiger partial charge on any atom is 0.343 e. The van der Waals surface area contributed by atoms with Gasteiger partial charge in [0.25, 0.3) is 5.91 Å². The Hall–Kier alpha value is -3.93. The van der Waals surface area contributed by atoms with E-state index in [1.54, 1.807) is 36.4 Å². The zero-order chi connectivity index (χ0) is 23.4. The summed E-state index contributed by atoms with van der Waals surface area (Å²) >= 11 is 0. The molecule has 1 fully saturated rings. The van der Waals surface area contributed by atoms with Crippen LogP contribution in [0.5, 0.6) is 5.75 Å². The van der Waals surface area contributed by atoms with Crippen LogP contribution < -0.4 is 10.1 Å². The summed E-state index contributed by atoms with van der Waals surface area (Å²) in [5.74, 6) is -0.159. The molecule has 1 N–H and O–H groups in total. The molecule has 6 nitrogen and oxygen atoms in total. The standard InChI is InChI=1S/C27H25NO5/c1-17-3-4-21(27(31)28-22-11-12-22)15-24(17)18-5-7-19(8-6-18)26(30)20-9-13-23(14-10-20)33-16-25(29)32-2/h3-10,13-15,22H,11-12,16H2,1-2H3,(H,28,31). The van der Waals surface area contributed by atoms with Crippen LogP contribution in [0, 0.1) is 6.92 Å². The zero-order valence-corrected chi connectivity index (χ0v) is 18.6. The average molecular weight is 443 g/mol. The van der Waals surface area contributed by atoms with Crippen LogP contribution in [-0.4, -0.2) is 37.4 Å². The fourth-order valence-corrected chi connectivity index (χ4v) is 3.44. The molecule has 1 amide bonds. The molecule has 4 rings (SSSR count). The Bertz CT molecular complexity index is 1180. The van der Waals surface area contributed by atoms with Crippen molar-refractivity contribution in [3.8, 4) is 16.9 Å². The molecule has 1 saturated carbocycles. The molecule has 3 aromatic carbocycles. The van der Waals surface area contributed by atoms with Crippen LogP contribution in [0.3, 0.4) is 0 Å². The predicted molar refractivity (Wildman–Crippen MR) is 124 cm³/mol. The predicted octanol–water partition coefficient (Wildman–Crippen LogP) is 4.34. The number of nitrogens with one attached hydrogen (secondary N) is 1. The minimum Gasteiger partial charge on any atom is -0.482 e. The number of amides is 1. The number of benzene rings is 3. The normalized spacial score (nSPS) is 12.7. The van der Waals surface area contributed by atoms with E-state index in [1.165, 1.54) is 7.11 Å². The highest BCUT2D eigenvalue weighted by Crippen LogP contribution is 2.27. The van der Waals surface area contributed by atoms with Gasteiger partial charge in [0.15, 0.2) is 12.4 Å². The molecule has 0 saturated heterocycles. The van der Waals surface area contributed by atoms with E-state index in [0.29, 0.717) is 28.5 Å². The summed E-state index contributed by atoms with van der Waals surface area (Å²) in [5, 5.41) is 3.02. The number of rotatable bonds is 8. The zero-order valence-electron chi connectivity index (χ0n) is 18.6. The monoisotopic (exact) mass is 443 g/mol. The van der Waals surface area contributed by atoms with Gasteiger partial charge in [0, 0.05) is 22.7 Å². The first-order chi connectivity index (χ1) is 15.9. The number of methoxy groups -OCH3 is 1. The van der Waals surface area contributed by atoms with Crippen molar-refractivity contribution < 1.29 is 23.9 Å². The number of hydrogen-bond acceptors (Lipinski definition) is 5.